The topological polar surface area (TPSA) is 74.9 Å². The van der Waals surface area contributed by atoms with Crippen molar-refractivity contribution in [2.75, 3.05) is 40.0 Å². The molecule has 0 spiro atoms. The first kappa shape index (κ1) is 30.2. The van der Waals surface area contributed by atoms with Gasteiger partial charge in [0.25, 0.3) is 0 Å². The Bertz CT molecular complexity index is 1140. The van der Waals surface area contributed by atoms with Gasteiger partial charge in [-0.15, -0.1) is 0 Å². The Morgan fingerprint density at radius 3 is 2.41 bits per heavy atom. The molecule has 0 atom stereocenters. The van der Waals surface area contributed by atoms with Crippen LogP contribution in [0.5, 0.6) is 5.75 Å². The third-order valence-electron chi connectivity index (χ3n) is 6.99. The molecule has 0 fully saturated rings. The Balaban J connectivity index is 1.73. The molecule has 0 radical (unpaired) electrons. The van der Waals surface area contributed by atoms with Gasteiger partial charge in [-0.25, -0.2) is 0 Å². The number of aromatic amines is 1. The average Bonchev–Trinajstić information content (AvgIpc) is 3.37. The van der Waals surface area contributed by atoms with E-state index in [4.69, 9.17) is 9.47 Å². The van der Waals surface area contributed by atoms with Crippen LogP contribution in [0, 0.1) is 0 Å². The molecule has 0 unspecified atom stereocenters. The fourth-order valence-electron chi connectivity index (χ4n) is 4.78. The van der Waals surface area contributed by atoms with Crippen molar-refractivity contribution >= 4 is 22.7 Å². The summed E-state index contributed by atoms with van der Waals surface area (Å²) in [6.45, 7) is 6.93. The van der Waals surface area contributed by atoms with Crippen LogP contribution in [0.1, 0.15) is 63.5 Å². The molecular formula is C32H45N3O4. The second-order valence-electron chi connectivity index (χ2n) is 9.97. The highest BCUT2D eigenvalue weighted by Gasteiger charge is 2.22. The number of amides is 2. The number of carbonyl (C=O) groups excluding carboxylic acids is 2. The maximum Gasteiger partial charge on any atom is 0.242 e. The number of para-hydroxylation sites is 1. The van der Waals surface area contributed by atoms with Gasteiger partial charge in [0, 0.05) is 56.9 Å². The lowest BCUT2D eigenvalue weighted by atomic mass is 10.1. The molecule has 212 valence electrons. The van der Waals surface area contributed by atoms with Crippen molar-refractivity contribution in [1.82, 2.24) is 14.8 Å². The summed E-state index contributed by atoms with van der Waals surface area (Å²) >= 11 is 0. The van der Waals surface area contributed by atoms with Crippen molar-refractivity contribution in [3.05, 3.63) is 65.9 Å². The van der Waals surface area contributed by atoms with E-state index >= 15 is 0 Å². The summed E-state index contributed by atoms with van der Waals surface area (Å²) < 4.78 is 10.8. The normalized spacial score (nSPS) is 11.1. The molecule has 2 amide bonds. The van der Waals surface area contributed by atoms with Gasteiger partial charge in [0.1, 0.15) is 5.75 Å². The summed E-state index contributed by atoms with van der Waals surface area (Å²) in [5.41, 5.74) is 3.30. The summed E-state index contributed by atoms with van der Waals surface area (Å²) in [5.74, 6) is 0.826. The van der Waals surface area contributed by atoms with E-state index in [0.717, 1.165) is 48.9 Å². The summed E-state index contributed by atoms with van der Waals surface area (Å²) in [4.78, 5) is 33.8. The van der Waals surface area contributed by atoms with Crippen molar-refractivity contribution in [2.45, 2.75) is 65.3 Å². The number of hydrogen-bond acceptors (Lipinski definition) is 4. The molecule has 1 N–H and O–H groups in total. The van der Waals surface area contributed by atoms with Crippen molar-refractivity contribution in [2.24, 2.45) is 0 Å². The summed E-state index contributed by atoms with van der Waals surface area (Å²) in [6.07, 6.45) is 8.09. The number of unbranched alkanes of at least 4 members (excludes halogenated alkanes) is 3. The second kappa shape index (κ2) is 16.6. The van der Waals surface area contributed by atoms with Gasteiger partial charge in [-0.3, -0.25) is 9.59 Å². The van der Waals surface area contributed by atoms with E-state index in [1.54, 1.807) is 12.0 Å². The van der Waals surface area contributed by atoms with Gasteiger partial charge in [0.2, 0.25) is 11.8 Å². The second-order valence-corrected chi connectivity index (χ2v) is 9.97. The molecule has 39 heavy (non-hydrogen) atoms. The number of nitrogens with one attached hydrogen (secondary N) is 1. The minimum atomic E-state index is -0.0388. The Kier molecular flexibility index (Phi) is 12.9. The van der Waals surface area contributed by atoms with Crippen LogP contribution >= 0.6 is 0 Å². The van der Waals surface area contributed by atoms with E-state index in [9.17, 15) is 9.59 Å². The number of nitrogens with zero attached hydrogens (tertiary/aromatic N) is 2. The Hall–Kier alpha value is -3.32. The van der Waals surface area contributed by atoms with E-state index in [0.29, 0.717) is 45.7 Å². The Morgan fingerprint density at radius 1 is 0.872 bits per heavy atom. The molecular weight excluding hydrogens is 490 g/mol. The molecule has 0 saturated carbocycles. The van der Waals surface area contributed by atoms with Crippen molar-refractivity contribution < 1.29 is 19.1 Å². The molecule has 1 aromatic heterocycles. The number of carbonyl (C=O) groups is 2. The molecule has 0 bridgehead atoms. The number of hydrogen-bond donors (Lipinski definition) is 1. The summed E-state index contributed by atoms with van der Waals surface area (Å²) in [6, 6.07) is 16.1. The molecule has 7 nitrogen and oxygen atoms in total. The van der Waals surface area contributed by atoms with Crippen LogP contribution in [-0.4, -0.2) is 66.6 Å². The molecule has 2 aromatic carbocycles. The zero-order valence-corrected chi connectivity index (χ0v) is 23.9. The van der Waals surface area contributed by atoms with Crippen LogP contribution in [-0.2, 0) is 27.3 Å². The zero-order chi connectivity index (χ0) is 27.9. The lowest BCUT2D eigenvalue weighted by Gasteiger charge is -2.28. The quantitative estimate of drug-likeness (QED) is 0.204. The van der Waals surface area contributed by atoms with Crippen LogP contribution in [0.3, 0.4) is 0 Å². The zero-order valence-electron chi connectivity index (χ0n) is 23.9. The minimum Gasteiger partial charge on any atom is -0.494 e. The third-order valence-corrected chi connectivity index (χ3v) is 6.99. The predicted molar refractivity (Wildman–Crippen MR) is 157 cm³/mol. The van der Waals surface area contributed by atoms with Crippen molar-refractivity contribution in [1.29, 1.82) is 0 Å². The number of rotatable bonds is 18. The van der Waals surface area contributed by atoms with Gasteiger partial charge in [-0.2, -0.15) is 0 Å². The SMILES string of the molecule is CCCCCCC(=O)N(CCCOC)CC(=O)N(CCc1c[nH]c2ccccc12)Cc1ccc(OCC)cc1. The Labute approximate surface area is 233 Å². The van der Waals surface area contributed by atoms with Crippen molar-refractivity contribution in [3.63, 3.8) is 0 Å². The van der Waals surface area contributed by atoms with Gasteiger partial charge in [-0.1, -0.05) is 56.5 Å². The van der Waals surface area contributed by atoms with Gasteiger partial charge in [0.15, 0.2) is 0 Å². The number of aromatic nitrogens is 1. The predicted octanol–water partition coefficient (Wildman–Crippen LogP) is 5.97. The van der Waals surface area contributed by atoms with Crippen LogP contribution in [0.2, 0.25) is 0 Å². The highest BCUT2D eigenvalue weighted by Crippen LogP contribution is 2.20. The van der Waals surface area contributed by atoms with E-state index in [2.05, 4.69) is 24.0 Å². The monoisotopic (exact) mass is 535 g/mol. The highest BCUT2D eigenvalue weighted by atomic mass is 16.5. The van der Waals surface area contributed by atoms with E-state index < -0.39 is 0 Å². The van der Waals surface area contributed by atoms with Gasteiger partial charge in [0.05, 0.1) is 13.2 Å². The van der Waals surface area contributed by atoms with E-state index in [1.807, 2.05) is 54.4 Å². The molecule has 0 aliphatic rings. The molecule has 0 aliphatic carbocycles. The first-order chi connectivity index (χ1) is 19.0. The van der Waals surface area contributed by atoms with E-state index in [1.165, 1.54) is 10.9 Å². The minimum absolute atomic E-state index is 0.0388. The smallest absolute Gasteiger partial charge is 0.242 e. The Morgan fingerprint density at radius 2 is 1.67 bits per heavy atom. The lowest BCUT2D eigenvalue weighted by molar-refractivity contribution is -0.141. The molecule has 3 rings (SSSR count). The van der Waals surface area contributed by atoms with Crippen LogP contribution in [0.4, 0.5) is 0 Å². The number of benzene rings is 2. The number of fused-ring (bicyclic) bond motifs is 1. The van der Waals surface area contributed by atoms with E-state index in [-0.39, 0.29) is 18.4 Å². The molecule has 0 saturated heterocycles. The summed E-state index contributed by atoms with van der Waals surface area (Å²) in [7, 11) is 1.66. The maximum absolute atomic E-state index is 13.7. The number of ether oxygens (including phenoxy) is 2. The van der Waals surface area contributed by atoms with Gasteiger partial charge in [-0.05, 0) is 55.5 Å². The molecule has 1 heterocycles. The summed E-state index contributed by atoms with van der Waals surface area (Å²) in [5, 5.41) is 1.18. The van der Waals surface area contributed by atoms with Crippen molar-refractivity contribution in [3.8, 4) is 5.75 Å². The third kappa shape index (κ3) is 9.74. The molecule has 7 heteroatoms. The molecule has 0 aliphatic heterocycles. The van der Waals surface area contributed by atoms with Crippen LogP contribution in [0.15, 0.2) is 54.7 Å². The van der Waals surface area contributed by atoms with Crippen LogP contribution < -0.4 is 4.74 Å². The standard InChI is InChI=1S/C32H45N3O4/c1-4-6-7-8-14-31(36)34(20-11-22-38-3)25-32(37)35(24-26-15-17-28(18-16-26)39-5-2)21-19-27-23-33-30-13-10-9-12-29(27)30/h9-10,12-13,15-18,23,33H,4-8,11,14,19-22,24-25H2,1-3H3. The average molecular weight is 536 g/mol. The largest absolute Gasteiger partial charge is 0.494 e. The maximum atomic E-state index is 13.7. The number of H-pyrrole nitrogens is 1. The fourth-order valence-corrected chi connectivity index (χ4v) is 4.78. The lowest BCUT2D eigenvalue weighted by Crippen LogP contribution is -2.44. The van der Waals surface area contributed by atoms with Gasteiger partial charge >= 0.3 is 0 Å². The highest BCUT2D eigenvalue weighted by molar-refractivity contribution is 5.85. The molecule has 3 aromatic rings. The fraction of sp³-hybridized carbons (Fsp3) is 0.500. The van der Waals surface area contributed by atoms with Gasteiger partial charge < -0.3 is 24.3 Å². The first-order valence-electron chi connectivity index (χ1n) is 14.4. The number of methoxy groups -OCH3 is 1. The first-order valence-corrected chi connectivity index (χ1v) is 14.4. The van der Waals surface area contributed by atoms with Crippen LogP contribution in [0.25, 0.3) is 10.9 Å².